The summed E-state index contributed by atoms with van der Waals surface area (Å²) in [5, 5.41) is 5.96. The van der Waals surface area contributed by atoms with Crippen LogP contribution in [0.25, 0.3) is 0 Å². The molecule has 4 bridgehead atoms. The molecule has 0 radical (unpaired) electrons. The van der Waals surface area contributed by atoms with E-state index in [0.717, 1.165) is 44.1 Å². The van der Waals surface area contributed by atoms with Gasteiger partial charge in [-0.3, -0.25) is 14.4 Å². The number of nitrogens with one attached hydrogen (secondary N) is 2. The summed E-state index contributed by atoms with van der Waals surface area (Å²) in [6.07, 6.45) is 6.17. The van der Waals surface area contributed by atoms with Gasteiger partial charge in [0, 0.05) is 18.2 Å². The third kappa shape index (κ3) is 4.02. The Kier molecular flexibility index (Phi) is 5.13. The number of carbonyl (C=O) groups excluding carboxylic acids is 3. The van der Waals surface area contributed by atoms with Crippen molar-refractivity contribution in [2.75, 3.05) is 11.9 Å². The SMILES string of the molecule is CCc1cccc(NC(=O)COC(=O)C23C[C@@H]4C[C@@H](CC(NC(C)=O)(C4)C2)C3)c1. The molecule has 0 aromatic heterocycles. The van der Waals surface area contributed by atoms with E-state index in [9.17, 15) is 14.4 Å². The molecular weight excluding hydrogens is 368 g/mol. The van der Waals surface area contributed by atoms with Crippen LogP contribution in [0.15, 0.2) is 24.3 Å². The summed E-state index contributed by atoms with van der Waals surface area (Å²) in [6.45, 7) is 3.32. The molecule has 29 heavy (non-hydrogen) atoms. The van der Waals surface area contributed by atoms with Crippen molar-refractivity contribution >= 4 is 23.5 Å². The lowest BCUT2D eigenvalue weighted by Gasteiger charge is -2.60. The molecule has 4 saturated carbocycles. The number of rotatable bonds is 6. The number of ether oxygens (including phenoxy) is 1. The first-order valence-electron chi connectivity index (χ1n) is 10.7. The fourth-order valence-corrected chi connectivity index (χ4v) is 6.37. The minimum Gasteiger partial charge on any atom is -0.455 e. The fraction of sp³-hybridized carbons (Fsp3) is 0.609. The first-order valence-corrected chi connectivity index (χ1v) is 10.7. The Morgan fingerprint density at radius 1 is 1.14 bits per heavy atom. The fourth-order valence-electron chi connectivity index (χ4n) is 6.37. The van der Waals surface area contributed by atoms with Crippen LogP contribution in [-0.2, 0) is 25.5 Å². The van der Waals surface area contributed by atoms with Crippen molar-refractivity contribution in [1.82, 2.24) is 5.32 Å². The lowest BCUT2D eigenvalue weighted by molar-refractivity contribution is -0.176. The van der Waals surface area contributed by atoms with E-state index in [-0.39, 0.29) is 29.9 Å². The van der Waals surface area contributed by atoms with Crippen molar-refractivity contribution in [3.8, 4) is 0 Å². The lowest BCUT2D eigenvalue weighted by atomic mass is 9.47. The normalized spacial score (nSPS) is 31.9. The minimum absolute atomic E-state index is 0.0378. The molecule has 2 amide bonds. The standard InChI is InChI=1S/C23H30N2O4/c1-3-16-5-4-6-19(8-16)24-20(27)13-29-21(28)22-9-17-7-18(10-22)12-23(11-17,14-22)25-15(2)26/h4-6,8,17-18H,3,7,9-14H2,1-2H3,(H,24,27)(H,25,26)/t17-,18+,22?,23?. The van der Waals surface area contributed by atoms with E-state index < -0.39 is 5.41 Å². The van der Waals surface area contributed by atoms with Crippen LogP contribution in [0.2, 0.25) is 0 Å². The highest BCUT2D eigenvalue weighted by molar-refractivity contribution is 5.93. The van der Waals surface area contributed by atoms with Gasteiger partial charge in [0.25, 0.3) is 5.91 Å². The predicted octanol–water partition coefficient (Wildman–Crippen LogP) is 3.21. The zero-order valence-electron chi connectivity index (χ0n) is 17.3. The zero-order chi connectivity index (χ0) is 20.6. The van der Waals surface area contributed by atoms with Crippen molar-refractivity contribution in [2.45, 2.75) is 64.3 Å². The summed E-state index contributed by atoms with van der Waals surface area (Å²) in [5.41, 5.74) is 1.01. The maximum absolute atomic E-state index is 13.1. The summed E-state index contributed by atoms with van der Waals surface area (Å²) in [6, 6.07) is 7.66. The summed E-state index contributed by atoms with van der Waals surface area (Å²) >= 11 is 0. The van der Waals surface area contributed by atoms with E-state index in [1.807, 2.05) is 24.3 Å². The van der Waals surface area contributed by atoms with Gasteiger partial charge in [-0.25, -0.2) is 0 Å². The van der Waals surface area contributed by atoms with Crippen molar-refractivity contribution in [3.63, 3.8) is 0 Å². The maximum atomic E-state index is 13.1. The van der Waals surface area contributed by atoms with Gasteiger partial charge < -0.3 is 15.4 Å². The Hall–Kier alpha value is -2.37. The number of benzene rings is 1. The van der Waals surface area contributed by atoms with Gasteiger partial charge in [-0.2, -0.15) is 0 Å². The Morgan fingerprint density at radius 3 is 2.52 bits per heavy atom. The molecule has 4 atom stereocenters. The molecule has 1 aromatic rings. The molecule has 2 N–H and O–H groups in total. The molecule has 4 aliphatic carbocycles. The average Bonchev–Trinajstić information content (AvgIpc) is 2.64. The van der Waals surface area contributed by atoms with E-state index in [4.69, 9.17) is 4.74 Å². The average molecular weight is 399 g/mol. The molecule has 4 aliphatic rings. The van der Waals surface area contributed by atoms with E-state index in [1.165, 1.54) is 0 Å². The summed E-state index contributed by atoms with van der Waals surface area (Å²) in [5.74, 6) is 0.248. The summed E-state index contributed by atoms with van der Waals surface area (Å²) < 4.78 is 5.50. The molecule has 156 valence electrons. The first kappa shape index (κ1) is 19.9. The Labute approximate surface area is 171 Å². The molecule has 0 saturated heterocycles. The second-order valence-electron chi connectivity index (χ2n) is 9.38. The van der Waals surface area contributed by atoms with Crippen molar-refractivity contribution in [1.29, 1.82) is 0 Å². The Morgan fingerprint density at radius 2 is 1.86 bits per heavy atom. The van der Waals surface area contributed by atoms with Crippen molar-refractivity contribution < 1.29 is 19.1 Å². The van der Waals surface area contributed by atoms with Gasteiger partial charge in [0.1, 0.15) is 0 Å². The molecule has 1 aromatic carbocycles. The largest absolute Gasteiger partial charge is 0.455 e. The van der Waals surface area contributed by atoms with Crippen LogP contribution in [0.4, 0.5) is 5.69 Å². The minimum atomic E-state index is -0.561. The topological polar surface area (TPSA) is 84.5 Å². The Balaban J connectivity index is 1.39. The number of anilines is 1. The second kappa shape index (κ2) is 7.47. The number of hydrogen-bond acceptors (Lipinski definition) is 4. The summed E-state index contributed by atoms with van der Waals surface area (Å²) in [4.78, 5) is 37.1. The van der Waals surface area contributed by atoms with Gasteiger partial charge in [0.2, 0.25) is 5.91 Å². The predicted molar refractivity (Wildman–Crippen MR) is 109 cm³/mol. The first-order chi connectivity index (χ1) is 13.8. The van der Waals surface area contributed by atoms with Gasteiger partial charge in [-0.1, -0.05) is 19.1 Å². The third-order valence-electron chi connectivity index (χ3n) is 6.89. The zero-order valence-corrected chi connectivity index (χ0v) is 17.3. The molecule has 5 rings (SSSR count). The van der Waals surface area contributed by atoms with Crippen molar-refractivity contribution in [2.24, 2.45) is 17.3 Å². The second-order valence-corrected chi connectivity index (χ2v) is 9.38. The van der Waals surface area contributed by atoms with Crippen LogP contribution < -0.4 is 10.6 Å². The molecule has 4 fully saturated rings. The Bertz CT molecular complexity index is 820. The molecule has 6 heteroatoms. The van der Waals surface area contributed by atoms with Crippen LogP contribution in [0.3, 0.4) is 0 Å². The lowest BCUT2D eigenvalue weighted by Crippen LogP contribution is -2.64. The van der Waals surface area contributed by atoms with Gasteiger partial charge in [0.15, 0.2) is 6.61 Å². The number of amides is 2. The highest BCUT2D eigenvalue weighted by Crippen LogP contribution is 2.62. The van der Waals surface area contributed by atoms with Crippen LogP contribution in [0, 0.1) is 17.3 Å². The van der Waals surface area contributed by atoms with Gasteiger partial charge in [0.05, 0.1) is 5.41 Å². The maximum Gasteiger partial charge on any atom is 0.312 e. The van der Waals surface area contributed by atoms with Crippen LogP contribution in [0.5, 0.6) is 0 Å². The van der Waals surface area contributed by atoms with Crippen LogP contribution in [-0.4, -0.2) is 29.9 Å². The van der Waals surface area contributed by atoms with Gasteiger partial charge >= 0.3 is 5.97 Å². The molecule has 6 nitrogen and oxygen atoms in total. The van der Waals surface area contributed by atoms with Crippen molar-refractivity contribution in [3.05, 3.63) is 29.8 Å². The molecular formula is C23H30N2O4. The number of esters is 1. The quantitative estimate of drug-likeness (QED) is 0.721. The number of aryl methyl sites for hydroxylation is 1. The van der Waals surface area contributed by atoms with E-state index in [2.05, 4.69) is 17.6 Å². The van der Waals surface area contributed by atoms with E-state index >= 15 is 0 Å². The number of carbonyl (C=O) groups is 3. The monoisotopic (exact) mass is 398 g/mol. The van der Waals surface area contributed by atoms with E-state index in [0.29, 0.717) is 23.9 Å². The van der Waals surface area contributed by atoms with Crippen LogP contribution in [0.1, 0.15) is 57.9 Å². The van der Waals surface area contributed by atoms with E-state index in [1.54, 1.807) is 6.92 Å². The summed E-state index contributed by atoms with van der Waals surface area (Å²) in [7, 11) is 0. The van der Waals surface area contributed by atoms with Gasteiger partial charge in [-0.05, 0) is 74.5 Å². The van der Waals surface area contributed by atoms with Gasteiger partial charge in [-0.15, -0.1) is 0 Å². The third-order valence-corrected chi connectivity index (χ3v) is 6.89. The molecule has 2 unspecified atom stereocenters. The molecule has 0 spiro atoms. The number of hydrogen-bond donors (Lipinski definition) is 2. The highest BCUT2D eigenvalue weighted by Gasteiger charge is 2.61. The molecule has 0 heterocycles. The highest BCUT2D eigenvalue weighted by atomic mass is 16.5. The van der Waals surface area contributed by atoms with Crippen LogP contribution >= 0.6 is 0 Å². The molecule has 0 aliphatic heterocycles. The smallest absolute Gasteiger partial charge is 0.312 e.